The molecule has 0 N–H and O–H groups in total. The molecule has 8 nitrogen and oxygen atoms in total. The summed E-state index contributed by atoms with van der Waals surface area (Å²) in [5.74, 6) is -0.335. The molecule has 10 heteroatoms. The van der Waals surface area contributed by atoms with Crippen molar-refractivity contribution in [3.05, 3.63) is 16.6 Å². The van der Waals surface area contributed by atoms with Crippen molar-refractivity contribution in [1.82, 2.24) is 14.8 Å². The third-order valence-corrected chi connectivity index (χ3v) is 6.44. The Bertz CT molecular complexity index is 690. The van der Waals surface area contributed by atoms with Crippen molar-refractivity contribution in [3.63, 3.8) is 0 Å². The van der Waals surface area contributed by atoms with Gasteiger partial charge in [-0.15, -0.1) is 11.3 Å². The average Bonchev–Trinajstić information content (AvgIpc) is 3.09. The number of rotatable bonds is 3. The summed E-state index contributed by atoms with van der Waals surface area (Å²) < 4.78 is 28.4. The molecule has 0 aliphatic carbocycles. The van der Waals surface area contributed by atoms with Gasteiger partial charge in [0.1, 0.15) is 5.69 Å². The number of sulfone groups is 1. The average molecular weight is 373 g/mol. The van der Waals surface area contributed by atoms with Gasteiger partial charge in [0.2, 0.25) is 5.91 Å². The Kier molecular flexibility index (Phi) is 5.16. The van der Waals surface area contributed by atoms with Gasteiger partial charge in [0, 0.05) is 31.4 Å². The summed E-state index contributed by atoms with van der Waals surface area (Å²) in [6.07, 6.45) is 0.135. The number of carbonyl (C=O) groups excluding carboxylic acids is 2. The smallest absolute Gasteiger partial charge is 0.273 e. The number of morpholine rings is 1. The van der Waals surface area contributed by atoms with E-state index in [4.69, 9.17) is 4.74 Å². The zero-order valence-electron chi connectivity index (χ0n) is 13.1. The van der Waals surface area contributed by atoms with Gasteiger partial charge in [0.25, 0.3) is 5.91 Å². The fourth-order valence-electron chi connectivity index (χ4n) is 2.85. The zero-order chi connectivity index (χ0) is 17.2. The molecule has 0 unspecified atom stereocenters. The lowest BCUT2D eigenvalue weighted by molar-refractivity contribution is -0.133. The second kappa shape index (κ2) is 7.16. The van der Waals surface area contributed by atoms with Gasteiger partial charge in [-0.3, -0.25) is 9.59 Å². The maximum absolute atomic E-state index is 12.5. The largest absolute Gasteiger partial charge is 0.377 e. The molecule has 2 fully saturated rings. The van der Waals surface area contributed by atoms with E-state index in [1.54, 1.807) is 20.7 Å². The van der Waals surface area contributed by atoms with E-state index >= 15 is 0 Å². The van der Waals surface area contributed by atoms with E-state index in [0.717, 1.165) is 0 Å². The van der Waals surface area contributed by atoms with Gasteiger partial charge in [-0.2, -0.15) is 0 Å². The second-order valence-electron chi connectivity index (χ2n) is 5.84. The highest BCUT2D eigenvalue weighted by molar-refractivity contribution is 7.91. The summed E-state index contributed by atoms with van der Waals surface area (Å²) in [6, 6.07) is -0.348. The topological polar surface area (TPSA) is 96.9 Å². The number of thiazole rings is 1. The molecule has 0 spiro atoms. The summed E-state index contributed by atoms with van der Waals surface area (Å²) in [6.45, 7) is 1.59. The highest BCUT2D eigenvalue weighted by atomic mass is 32.2. The molecule has 3 heterocycles. The first kappa shape index (κ1) is 17.3. The number of amides is 2. The van der Waals surface area contributed by atoms with Crippen LogP contribution in [0, 0.1) is 0 Å². The molecule has 0 radical (unpaired) electrons. The molecule has 1 aromatic rings. The molecule has 2 amide bonds. The first-order chi connectivity index (χ1) is 11.5. The van der Waals surface area contributed by atoms with Crippen molar-refractivity contribution in [2.75, 3.05) is 44.4 Å². The summed E-state index contributed by atoms with van der Waals surface area (Å²) >= 11 is 1.35. The van der Waals surface area contributed by atoms with Crippen molar-refractivity contribution in [2.24, 2.45) is 0 Å². The van der Waals surface area contributed by atoms with Gasteiger partial charge in [0.05, 0.1) is 36.3 Å². The first-order valence-electron chi connectivity index (χ1n) is 7.71. The lowest BCUT2D eigenvalue weighted by Gasteiger charge is -2.36. The van der Waals surface area contributed by atoms with Crippen LogP contribution in [-0.4, -0.2) is 85.4 Å². The predicted molar refractivity (Wildman–Crippen MR) is 87.6 cm³/mol. The Labute approximate surface area is 144 Å². The molecule has 1 aromatic heterocycles. The highest BCUT2D eigenvalue weighted by Gasteiger charge is 2.33. The lowest BCUT2D eigenvalue weighted by Crippen LogP contribution is -2.52. The van der Waals surface area contributed by atoms with Gasteiger partial charge < -0.3 is 14.5 Å². The number of aromatic nitrogens is 1. The summed E-state index contributed by atoms with van der Waals surface area (Å²) in [5.41, 5.74) is 1.98. The Hall–Kier alpha value is -1.52. The van der Waals surface area contributed by atoms with Crippen LogP contribution in [0.5, 0.6) is 0 Å². The second-order valence-corrected chi connectivity index (χ2v) is 8.86. The molecule has 2 aliphatic rings. The molecule has 1 atom stereocenters. The van der Waals surface area contributed by atoms with Crippen LogP contribution in [0.15, 0.2) is 10.9 Å². The third-order valence-electron chi connectivity index (χ3n) is 4.25. The Morgan fingerprint density at radius 3 is 2.71 bits per heavy atom. The third kappa shape index (κ3) is 3.93. The minimum Gasteiger partial charge on any atom is -0.377 e. The SMILES string of the molecule is O=C(C[C@H]1COCCN1C(=O)c1cscn1)N1CCS(=O)(=O)CC1. The zero-order valence-corrected chi connectivity index (χ0v) is 14.7. The minimum absolute atomic E-state index is 0.00136. The van der Waals surface area contributed by atoms with Crippen molar-refractivity contribution >= 4 is 33.0 Å². The molecule has 3 rings (SSSR count). The molecule has 0 saturated carbocycles. The van der Waals surface area contributed by atoms with Crippen LogP contribution < -0.4 is 0 Å². The van der Waals surface area contributed by atoms with Gasteiger partial charge in [-0.1, -0.05) is 0 Å². The highest BCUT2D eigenvalue weighted by Crippen LogP contribution is 2.17. The Morgan fingerprint density at radius 1 is 1.29 bits per heavy atom. The van der Waals surface area contributed by atoms with Crippen molar-refractivity contribution in [2.45, 2.75) is 12.5 Å². The van der Waals surface area contributed by atoms with Gasteiger partial charge in [0.15, 0.2) is 9.84 Å². The molecule has 0 aromatic carbocycles. The summed E-state index contributed by atoms with van der Waals surface area (Å²) in [5, 5.41) is 1.69. The minimum atomic E-state index is -3.03. The van der Waals surface area contributed by atoms with Crippen LogP contribution in [0.3, 0.4) is 0 Å². The maximum Gasteiger partial charge on any atom is 0.273 e. The van der Waals surface area contributed by atoms with E-state index in [1.165, 1.54) is 11.3 Å². The van der Waals surface area contributed by atoms with Crippen LogP contribution in [0.4, 0.5) is 0 Å². The fraction of sp³-hybridized carbons (Fsp3) is 0.643. The number of carbonyl (C=O) groups is 2. The van der Waals surface area contributed by atoms with Crippen LogP contribution in [-0.2, 0) is 19.4 Å². The molecule has 24 heavy (non-hydrogen) atoms. The number of nitrogens with zero attached hydrogens (tertiary/aromatic N) is 3. The number of hydrogen-bond acceptors (Lipinski definition) is 7. The Morgan fingerprint density at radius 2 is 2.04 bits per heavy atom. The van der Waals surface area contributed by atoms with Gasteiger partial charge in [-0.25, -0.2) is 13.4 Å². The first-order valence-corrected chi connectivity index (χ1v) is 10.5. The van der Waals surface area contributed by atoms with E-state index in [-0.39, 0.29) is 48.9 Å². The molecule has 132 valence electrons. The molecule has 2 aliphatic heterocycles. The van der Waals surface area contributed by atoms with Crippen molar-refractivity contribution < 1.29 is 22.7 Å². The van der Waals surface area contributed by atoms with E-state index in [0.29, 0.717) is 25.5 Å². The van der Waals surface area contributed by atoms with E-state index in [2.05, 4.69) is 4.98 Å². The van der Waals surface area contributed by atoms with Gasteiger partial charge >= 0.3 is 0 Å². The van der Waals surface area contributed by atoms with Crippen molar-refractivity contribution in [3.8, 4) is 0 Å². The summed E-state index contributed by atoms with van der Waals surface area (Å²) in [4.78, 5) is 32.2. The van der Waals surface area contributed by atoms with E-state index in [9.17, 15) is 18.0 Å². The standard InChI is InChI=1S/C14H19N3O5S2/c18-13(16-2-5-24(20,21)6-3-16)7-11-8-22-4-1-17(11)14(19)12-9-23-10-15-12/h9-11H,1-8H2/t11-/m0/s1. The lowest BCUT2D eigenvalue weighted by atomic mass is 10.1. The van der Waals surface area contributed by atoms with Gasteiger partial charge in [-0.05, 0) is 0 Å². The quantitative estimate of drug-likeness (QED) is 0.717. The van der Waals surface area contributed by atoms with Crippen LogP contribution in [0.1, 0.15) is 16.9 Å². The van der Waals surface area contributed by atoms with Crippen LogP contribution >= 0.6 is 11.3 Å². The van der Waals surface area contributed by atoms with E-state index in [1.807, 2.05) is 0 Å². The van der Waals surface area contributed by atoms with Crippen LogP contribution in [0.25, 0.3) is 0 Å². The normalized spacial score (nSPS) is 23.9. The number of hydrogen-bond donors (Lipinski definition) is 0. The molecule has 2 saturated heterocycles. The van der Waals surface area contributed by atoms with E-state index < -0.39 is 9.84 Å². The number of ether oxygens (including phenoxy) is 1. The van der Waals surface area contributed by atoms with Crippen molar-refractivity contribution in [1.29, 1.82) is 0 Å². The maximum atomic E-state index is 12.5. The fourth-order valence-corrected chi connectivity index (χ4v) is 4.58. The summed E-state index contributed by atoms with van der Waals surface area (Å²) in [7, 11) is -3.03. The molecular weight excluding hydrogens is 354 g/mol. The Balaban J connectivity index is 1.63. The molecular formula is C14H19N3O5S2. The monoisotopic (exact) mass is 373 g/mol. The predicted octanol–water partition coefficient (Wildman–Crippen LogP) is -0.369. The van der Waals surface area contributed by atoms with Crippen LogP contribution in [0.2, 0.25) is 0 Å². The molecule has 0 bridgehead atoms.